The van der Waals surface area contributed by atoms with Crippen LogP contribution in [0.15, 0.2) is 60.4 Å². The number of carbonyl (C=O) groups is 1. The van der Waals surface area contributed by atoms with Gasteiger partial charge in [0.15, 0.2) is 5.65 Å². The first-order valence-electron chi connectivity index (χ1n) is 9.58. The van der Waals surface area contributed by atoms with Crippen LogP contribution in [0.1, 0.15) is 29.8 Å². The molecule has 7 heteroatoms. The highest BCUT2D eigenvalue weighted by atomic mass is 32.1. The summed E-state index contributed by atoms with van der Waals surface area (Å²) >= 11 is 1.65. The molecule has 1 atom stereocenters. The highest BCUT2D eigenvalue weighted by Crippen LogP contribution is 2.30. The summed E-state index contributed by atoms with van der Waals surface area (Å²) in [6.07, 6.45) is 5.73. The average molecular weight is 406 g/mol. The van der Waals surface area contributed by atoms with Crippen LogP contribution in [-0.4, -0.2) is 26.8 Å². The topological polar surface area (TPSA) is 71.3 Å². The van der Waals surface area contributed by atoms with Gasteiger partial charge in [-0.25, -0.2) is 4.98 Å². The first-order valence-corrected chi connectivity index (χ1v) is 10.5. The second-order valence-corrected chi connectivity index (χ2v) is 7.89. The molecule has 3 aromatic heterocycles. The maximum Gasteiger partial charge on any atom is 0.222 e. The summed E-state index contributed by atoms with van der Waals surface area (Å²) in [6.45, 7) is 4.59. The summed E-state index contributed by atoms with van der Waals surface area (Å²) in [5.41, 5.74) is 3.84. The number of nitrogens with one attached hydrogen (secondary N) is 2. The van der Waals surface area contributed by atoms with Crippen molar-refractivity contribution in [2.45, 2.75) is 26.3 Å². The first kappa shape index (κ1) is 19.1. The summed E-state index contributed by atoms with van der Waals surface area (Å²) in [6, 6.07) is 12.2. The number of carbonyl (C=O) groups excluding carboxylic acids is 1. The van der Waals surface area contributed by atoms with E-state index in [-0.39, 0.29) is 11.9 Å². The van der Waals surface area contributed by atoms with E-state index in [1.54, 1.807) is 23.7 Å². The van der Waals surface area contributed by atoms with Crippen LogP contribution in [0.3, 0.4) is 0 Å². The van der Waals surface area contributed by atoms with Crippen molar-refractivity contribution in [2.24, 2.45) is 0 Å². The van der Waals surface area contributed by atoms with Gasteiger partial charge in [0.2, 0.25) is 5.91 Å². The SMILES string of the molecule is Cc1ccccc1-c1nc2cnccn2c1NCCC(=O)N[C@H](C)c1cccs1. The Labute approximate surface area is 173 Å². The van der Waals surface area contributed by atoms with Crippen molar-refractivity contribution in [1.82, 2.24) is 19.7 Å². The predicted octanol–water partition coefficient (Wildman–Crippen LogP) is 4.45. The normalized spacial score (nSPS) is 12.1. The van der Waals surface area contributed by atoms with Crippen LogP contribution in [0.5, 0.6) is 0 Å². The highest BCUT2D eigenvalue weighted by molar-refractivity contribution is 7.10. The van der Waals surface area contributed by atoms with Crippen molar-refractivity contribution in [2.75, 3.05) is 11.9 Å². The second-order valence-electron chi connectivity index (χ2n) is 6.91. The van der Waals surface area contributed by atoms with Crippen LogP contribution in [0.25, 0.3) is 16.9 Å². The van der Waals surface area contributed by atoms with E-state index in [9.17, 15) is 4.79 Å². The van der Waals surface area contributed by atoms with Gasteiger partial charge in [-0.3, -0.25) is 14.2 Å². The Kier molecular flexibility index (Phi) is 5.57. The standard InChI is InChI=1S/C22H23N5OS/c1-15-6-3-4-7-17(15)21-22(27-12-11-23-14-19(27)26-21)24-10-9-20(28)25-16(2)18-8-5-13-29-18/h3-8,11-14,16,24H,9-10H2,1-2H3,(H,25,28)/t16-/m1/s1. The number of benzene rings is 1. The number of aromatic nitrogens is 3. The van der Waals surface area contributed by atoms with Gasteiger partial charge in [-0.15, -0.1) is 11.3 Å². The van der Waals surface area contributed by atoms with Crippen LogP contribution in [0, 0.1) is 6.92 Å². The Bertz CT molecular complexity index is 1120. The molecular weight excluding hydrogens is 382 g/mol. The van der Waals surface area contributed by atoms with Crippen LogP contribution in [0.2, 0.25) is 0 Å². The molecule has 4 aromatic rings. The number of hydrogen-bond donors (Lipinski definition) is 2. The number of fused-ring (bicyclic) bond motifs is 1. The van der Waals surface area contributed by atoms with Gasteiger partial charge < -0.3 is 10.6 Å². The molecule has 0 spiro atoms. The number of rotatable bonds is 7. The smallest absolute Gasteiger partial charge is 0.222 e. The lowest BCUT2D eigenvalue weighted by Crippen LogP contribution is -2.27. The van der Waals surface area contributed by atoms with Crippen molar-refractivity contribution >= 4 is 28.7 Å². The molecule has 148 valence electrons. The van der Waals surface area contributed by atoms with Gasteiger partial charge in [0.1, 0.15) is 11.5 Å². The molecule has 2 N–H and O–H groups in total. The molecule has 0 bridgehead atoms. The van der Waals surface area contributed by atoms with Crippen molar-refractivity contribution < 1.29 is 4.79 Å². The molecule has 6 nitrogen and oxygen atoms in total. The molecule has 0 aliphatic carbocycles. The largest absolute Gasteiger partial charge is 0.369 e. The Balaban J connectivity index is 1.50. The summed E-state index contributed by atoms with van der Waals surface area (Å²) in [5, 5.41) is 8.49. The minimum atomic E-state index is 0.0197. The minimum absolute atomic E-state index is 0.0197. The van der Waals surface area contributed by atoms with E-state index in [2.05, 4.69) is 34.7 Å². The lowest BCUT2D eigenvalue weighted by Gasteiger charge is -2.13. The van der Waals surface area contributed by atoms with Crippen molar-refractivity contribution in [3.05, 3.63) is 70.8 Å². The number of amides is 1. The fraction of sp³-hybridized carbons (Fsp3) is 0.227. The van der Waals surface area contributed by atoms with Gasteiger partial charge in [-0.05, 0) is 30.9 Å². The van der Waals surface area contributed by atoms with Crippen LogP contribution >= 0.6 is 11.3 Å². The van der Waals surface area contributed by atoms with Gasteiger partial charge in [-0.2, -0.15) is 0 Å². The third-order valence-corrected chi connectivity index (χ3v) is 5.88. The number of hydrogen-bond acceptors (Lipinski definition) is 5. The van der Waals surface area contributed by atoms with Gasteiger partial charge in [0.05, 0.1) is 12.2 Å². The zero-order chi connectivity index (χ0) is 20.2. The average Bonchev–Trinajstić information content (AvgIpc) is 3.37. The van der Waals surface area contributed by atoms with Gasteiger partial charge in [-0.1, -0.05) is 30.3 Å². The second kappa shape index (κ2) is 8.45. The maximum atomic E-state index is 12.4. The minimum Gasteiger partial charge on any atom is -0.369 e. The molecule has 1 aromatic carbocycles. The molecule has 1 amide bonds. The molecule has 0 fully saturated rings. The number of nitrogens with zero attached hydrogens (tertiary/aromatic N) is 3. The number of thiophene rings is 1. The predicted molar refractivity (Wildman–Crippen MR) is 117 cm³/mol. The Hall–Kier alpha value is -3.19. The summed E-state index contributed by atoms with van der Waals surface area (Å²) in [4.78, 5) is 22.5. The lowest BCUT2D eigenvalue weighted by atomic mass is 10.1. The van der Waals surface area contributed by atoms with Crippen LogP contribution in [0.4, 0.5) is 5.82 Å². The Morgan fingerprint density at radius 2 is 2.10 bits per heavy atom. The van der Waals surface area contributed by atoms with Crippen LogP contribution in [-0.2, 0) is 4.79 Å². The third-order valence-electron chi connectivity index (χ3n) is 4.82. The number of aryl methyl sites for hydroxylation is 1. The zero-order valence-electron chi connectivity index (χ0n) is 16.4. The van der Waals surface area contributed by atoms with Crippen molar-refractivity contribution in [3.63, 3.8) is 0 Å². The van der Waals surface area contributed by atoms with Crippen molar-refractivity contribution in [3.8, 4) is 11.3 Å². The van der Waals surface area contributed by atoms with Gasteiger partial charge in [0.25, 0.3) is 0 Å². The summed E-state index contributed by atoms with van der Waals surface area (Å²) in [5.74, 6) is 0.891. The highest BCUT2D eigenvalue weighted by Gasteiger charge is 2.16. The van der Waals surface area contributed by atoms with Crippen LogP contribution < -0.4 is 10.6 Å². The van der Waals surface area contributed by atoms with E-state index in [1.165, 1.54) is 0 Å². The monoisotopic (exact) mass is 405 g/mol. The zero-order valence-corrected chi connectivity index (χ0v) is 17.2. The fourth-order valence-corrected chi connectivity index (χ4v) is 4.05. The van der Waals surface area contributed by atoms with E-state index in [0.717, 1.165) is 33.2 Å². The lowest BCUT2D eigenvalue weighted by molar-refractivity contribution is -0.121. The van der Waals surface area contributed by atoms with Gasteiger partial charge >= 0.3 is 0 Å². The number of imidazole rings is 1. The van der Waals surface area contributed by atoms with Gasteiger partial charge in [0, 0.05) is 35.8 Å². The summed E-state index contributed by atoms with van der Waals surface area (Å²) < 4.78 is 1.97. The Morgan fingerprint density at radius 1 is 1.24 bits per heavy atom. The van der Waals surface area contributed by atoms with E-state index in [0.29, 0.717) is 13.0 Å². The fourth-order valence-electron chi connectivity index (χ4n) is 3.32. The number of anilines is 1. The van der Waals surface area contributed by atoms with Crippen molar-refractivity contribution in [1.29, 1.82) is 0 Å². The van der Waals surface area contributed by atoms with E-state index < -0.39 is 0 Å². The molecule has 0 saturated heterocycles. The van der Waals surface area contributed by atoms with E-state index in [1.807, 2.05) is 47.2 Å². The quantitative estimate of drug-likeness (QED) is 0.477. The molecule has 0 aliphatic rings. The molecule has 29 heavy (non-hydrogen) atoms. The Morgan fingerprint density at radius 3 is 2.90 bits per heavy atom. The van der Waals surface area contributed by atoms with E-state index in [4.69, 9.17) is 4.98 Å². The molecule has 0 saturated carbocycles. The maximum absolute atomic E-state index is 12.4. The first-order chi connectivity index (χ1) is 14.1. The van der Waals surface area contributed by atoms with E-state index >= 15 is 0 Å². The third kappa shape index (κ3) is 4.14. The molecule has 0 aliphatic heterocycles. The molecule has 4 rings (SSSR count). The molecule has 3 heterocycles. The summed E-state index contributed by atoms with van der Waals surface area (Å²) in [7, 11) is 0. The molecule has 0 unspecified atom stereocenters. The molecule has 0 radical (unpaired) electrons. The molecular formula is C22H23N5OS.